The molecule has 23 heavy (non-hydrogen) atoms. The Morgan fingerprint density at radius 1 is 1.17 bits per heavy atom. The highest BCUT2D eigenvalue weighted by molar-refractivity contribution is 9.10. The smallest absolute Gasteiger partial charge is 0.411 e. The molecule has 1 unspecified atom stereocenters. The molecule has 0 radical (unpaired) electrons. The lowest BCUT2D eigenvalue weighted by atomic mass is 9.98. The minimum Gasteiger partial charge on any atom is -0.444 e. The SMILES string of the molecule is CC(C)(C)OC(=O)N1Cc2ccc(Br)cc2C1c1ccccc1. The van der Waals surface area contributed by atoms with Crippen molar-refractivity contribution in [2.45, 2.75) is 39.0 Å². The van der Waals surface area contributed by atoms with Crippen molar-refractivity contribution in [2.75, 3.05) is 0 Å². The minimum atomic E-state index is -0.506. The molecule has 2 aromatic carbocycles. The summed E-state index contributed by atoms with van der Waals surface area (Å²) in [6.07, 6.45) is -0.279. The van der Waals surface area contributed by atoms with Crippen LogP contribution in [0.1, 0.15) is 43.5 Å². The summed E-state index contributed by atoms with van der Waals surface area (Å²) in [5.74, 6) is 0. The van der Waals surface area contributed by atoms with Crippen molar-refractivity contribution in [3.05, 3.63) is 69.7 Å². The lowest BCUT2D eigenvalue weighted by molar-refractivity contribution is 0.0203. The first-order valence-corrected chi connectivity index (χ1v) is 8.47. The van der Waals surface area contributed by atoms with Crippen LogP contribution in [0.15, 0.2) is 53.0 Å². The largest absolute Gasteiger partial charge is 0.444 e. The zero-order chi connectivity index (χ0) is 16.6. The van der Waals surface area contributed by atoms with Gasteiger partial charge in [0, 0.05) is 4.47 Å². The number of carbonyl (C=O) groups excluding carboxylic acids is 1. The zero-order valence-corrected chi connectivity index (χ0v) is 15.1. The van der Waals surface area contributed by atoms with E-state index in [1.807, 2.05) is 45.0 Å². The van der Waals surface area contributed by atoms with Crippen molar-refractivity contribution >= 4 is 22.0 Å². The van der Waals surface area contributed by atoms with Crippen molar-refractivity contribution in [2.24, 2.45) is 0 Å². The molecule has 1 amide bonds. The molecule has 1 aliphatic heterocycles. The molecule has 0 spiro atoms. The molecule has 0 N–H and O–H groups in total. The average Bonchev–Trinajstić information content (AvgIpc) is 2.85. The summed E-state index contributed by atoms with van der Waals surface area (Å²) in [6.45, 7) is 6.24. The van der Waals surface area contributed by atoms with Gasteiger partial charge >= 0.3 is 6.09 Å². The first kappa shape index (κ1) is 16.1. The fraction of sp³-hybridized carbons (Fsp3) is 0.316. The van der Waals surface area contributed by atoms with Gasteiger partial charge in [0.05, 0.1) is 12.6 Å². The number of rotatable bonds is 1. The molecular weight excluding hydrogens is 354 g/mol. The fourth-order valence-electron chi connectivity index (χ4n) is 2.89. The molecule has 120 valence electrons. The van der Waals surface area contributed by atoms with Gasteiger partial charge in [-0.2, -0.15) is 0 Å². The number of fused-ring (bicyclic) bond motifs is 1. The summed E-state index contributed by atoms with van der Waals surface area (Å²) < 4.78 is 6.63. The standard InChI is InChI=1S/C19H20BrNO2/c1-19(2,3)23-18(22)21-12-14-9-10-15(20)11-16(14)17(21)13-7-5-4-6-8-13/h4-11,17H,12H2,1-3H3. The summed E-state index contributed by atoms with van der Waals surface area (Å²) in [6, 6.07) is 16.2. The van der Waals surface area contributed by atoms with Crippen LogP contribution in [0.4, 0.5) is 4.79 Å². The Kier molecular flexibility index (Phi) is 4.19. The third-order valence-electron chi connectivity index (χ3n) is 3.80. The van der Waals surface area contributed by atoms with Crippen molar-refractivity contribution in [3.63, 3.8) is 0 Å². The van der Waals surface area contributed by atoms with Gasteiger partial charge in [0.25, 0.3) is 0 Å². The number of hydrogen-bond donors (Lipinski definition) is 0. The second-order valence-electron chi connectivity index (χ2n) is 6.76. The summed E-state index contributed by atoms with van der Waals surface area (Å²) in [4.78, 5) is 14.5. The Bertz CT molecular complexity index is 722. The van der Waals surface area contributed by atoms with Crippen LogP contribution in [-0.2, 0) is 11.3 Å². The molecule has 0 bridgehead atoms. The third-order valence-corrected chi connectivity index (χ3v) is 4.29. The van der Waals surface area contributed by atoms with Crippen molar-refractivity contribution in [3.8, 4) is 0 Å². The summed E-state index contributed by atoms with van der Waals surface area (Å²) >= 11 is 3.54. The van der Waals surface area contributed by atoms with E-state index in [1.54, 1.807) is 4.90 Å². The minimum absolute atomic E-state index is 0.112. The Morgan fingerprint density at radius 2 is 1.87 bits per heavy atom. The average molecular weight is 374 g/mol. The molecule has 0 saturated heterocycles. The number of benzene rings is 2. The Hall–Kier alpha value is -1.81. The number of carbonyl (C=O) groups is 1. The second kappa shape index (κ2) is 6.00. The molecule has 0 aromatic heterocycles. The number of nitrogens with zero attached hydrogens (tertiary/aromatic N) is 1. The van der Waals surface area contributed by atoms with E-state index in [9.17, 15) is 4.79 Å². The van der Waals surface area contributed by atoms with Gasteiger partial charge in [0.15, 0.2) is 0 Å². The maximum absolute atomic E-state index is 12.7. The highest BCUT2D eigenvalue weighted by Crippen LogP contribution is 2.40. The summed E-state index contributed by atoms with van der Waals surface area (Å²) in [5.41, 5.74) is 2.90. The molecule has 1 atom stereocenters. The van der Waals surface area contributed by atoms with Crippen molar-refractivity contribution in [1.29, 1.82) is 0 Å². The maximum Gasteiger partial charge on any atom is 0.411 e. The predicted molar refractivity (Wildman–Crippen MR) is 94.2 cm³/mol. The van der Waals surface area contributed by atoms with Gasteiger partial charge < -0.3 is 4.74 Å². The zero-order valence-electron chi connectivity index (χ0n) is 13.5. The summed E-state index contributed by atoms with van der Waals surface area (Å²) in [5, 5.41) is 0. The predicted octanol–water partition coefficient (Wildman–Crippen LogP) is 5.29. The van der Waals surface area contributed by atoms with E-state index in [2.05, 4.69) is 40.2 Å². The molecular formula is C19H20BrNO2. The van der Waals surface area contributed by atoms with Gasteiger partial charge in [0.2, 0.25) is 0 Å². The molecule has 0 aliphatic carbocycles. The Morgan fingerprint density at radius 3 is 2.52 bits per heavy atom. The van der Waals surface area contributed by atoms with Crippen LogP contribution in [0, 0.1) is 0 Å². The highest BCUT2D eigenvalue weighted by atomic mass is 79.9. The van der Waals surface area contributed by atoms with Crippen molar-refractivity contribution in [1.82, 2.24) is 4.90 Å². The van der Waals surface area contributed by atoms with Crippen LogP contribution >= 0.6 is 15.9 Å². The molecule has 2 aromatic rings. The van der Waals surface area contributed by atoms with Crippen molar-refractivity contribution < 1.29 is 9.53 Å². The Balaban J connectivity index is 2.02. The fourth-order valence-corrected chi connectivity index (χ4v) is 3.27. The molecule has 1 heterocycles. The second-order valence-corrected chi connectivity index (χ2v) is 7.68. The number of amides is 1. The van der Waals surface area contributed by atoms with Crippen LogP contribution in [0.2, 0.25) is 0 Å². The molecule has 3 rings (SSSR count). The molecule has 4 heteroatoms. The first-order valence-electron chi connectivity index (χ1n) is 7.68. The first-order chi connectivity index (χ1) is 10.8. The monoisotopic (exact) mass is 373 g/mol. The van der Waals surface area contributed by atoms with E-state index in [0.717, 1.165) is 21.2 Å². The van der Waals surface area contributed by atoms with E-state index in [-0.39, 0.29) is 12.1 Å². The lowest BCUT2D eigenvalue weighted by Crippen LogP contribution is -2.36. The normalized spacial score (nSPS) is 17.0. The van der Waals surface area contributed by atoms with E-state index < -0.39 is 5.60 Å². The van der Waals surface area contributed by atoms with Gasteiger partial charge in [-0.05, 0) is 49.6 Å². The molecule has 0 fully saturated rings. The molecule has 3 nitrogen and oxygen atoms in total. The molecule has 0 saturated carbocycles. The van der Waals surface area contributed by atoms with Crippen LogP contribution in [0.25, 0.3) is 0 Å². The van der Waals surface area contributed by atoms with Gasteiger partial charge in [-0.25, -0.2) is 4.79 Å². The quantitative estimate of drug-likeness (QED) is 0.679. The third kappa shape index (κ3) is 3.42. The highest BCUT2D eigenvalue weighted by Gasteiger charge is 2.37. The topological polar surface area (TPSA) is 29.5 Å². The van der Waals surface area contributed by atoms with Crippen LogP contribution in [0.3, 0.4) is 0 Å². The molecule has 1 aliphatic rings. The van der Waals surface area contributed by atoms with Crippen LogP contribution in [0.5, 0.6) is 0 Å². The van der Waals surface area contributed by atoms with Gasteiger partial charge in [-0.3, -0.25) is 4.90 Å². The van der Waals surface area contributed by atoms with E-state index in [1.165, 1.54) is 0 Å². The van der Waals surface area contributed by atoms with Crippen LogP contribution < -0.4 is 0 Å². The van der Waals surface area contributed by atoms with Crippen LogP contribution in [-0.4, -0.2) is 16.6 Å². The van der Waals surface area contributed by atoms with Gasteiger partial charge in [0.1, 0.15) is 5.60 Å². The van der Waals surface area contributed by atoms with E-state index in [4.69, 9.17) is 4.74 Å². The lowest BCUT2D eigenvalue weighted by Gasteiger charge is -2.29. The Labute approximate surface area is 145 Å². The van der Waals surface area contributed by atoms with E-state index >= 15 is 0 Å². The summed E-state index contributed by atoms with van der Waals surface area (Å²) in [7, 11) is 0. The number of hydrogen-bond acceptors (Lipinski definition) is 2. The number of halogens is 1. The van der Waals surface area contributed by atoms with Gasteiger partial charge in [-0.1, -0.05) is 52.3 Å². The maximum atomic E-state index is 12.7. The van der Waals surface area contributed by atoms with Gasteiger partial charge in [-0.15, -0.1) is 0 Å². The number of ether oxygens (including phenoxy) is 1. The van der Waals surface area contributed by atoms with E-state index in [0.29, 0.717) is 6.54 Å².